The fourth-order valence-electron chi connectivity index (χ4n) is 3.34. The molecule has 0 unspecified atom stereocenters. The summed E-state index contributed by atoms with van der Waals surface area (Å²) < 4.78 is 0. The summed E-state index contributed by atoms with van der Waals surface area (Å²) >= 11 is 0. The van der Waals surface area contributed by atoms with Crippen molar-refractivity contribution in [3.63, 3.8) is 0 Å². The number of fused-ring (bicyclic) bond motifs is 1. The van der Waals surface area contributed by atoms with Crippen LogP contribution < -0.4 is 0 Å². The molecule has 0 radical (unpaired) electrons. The van der Waals surface area contributed by atoms with Crippen molar-refractivity contribution in [3.05, 3.63) is 83.4 Å². The van der Waals surface area contributed by atoms with Crippen molar-refractivity contribution in [2.75, 3.05) is 0 Å². The van der Waals surface area contributed by atoms with Gasteiger partial charge in [0.1, 0.15) is 0 Å². The Hall–Kier alpha value is -3.00. The van der Waals surface area contributed by atoms with Crippen LogP contribution in [0.1, 0.15) is 16.7 Å². The summed E-state index contributed by atoms with van der Waals surface area (Å²) in [5.41, 5.74) is 9.67. The number of para-hydroxylation sites is 2. The predicted molar refractivity (Wildman–Crippen MR) is 105 cm³/mol. The Morgan fingerprint density at radius 2 is 1.16 bits per heavy atom. The van der Waals surface area contributed by atoms with Crippen LogP contribution in [0.2, 0.25) is 0 Å². The van der Waals surface area contributed by atoms with E-state index in [-0.39, 0.29) is 0 Å². The summed E-state index contributed by atoms with van der Waals surface area (Å²) in [6.07, 6.45) is 0. The number of aryl methyl sites for hydroxylation is 3. The average molecular weight is 324 g/mol. The molecule has 0 atom stereocenters. The van der Waals surface area contributed by atoms with E-state index in [0.717, 1.165) is 33.5 Å². The van der Waals surface area contributed by atoms with Gasteiger partial charge in [0, 0.05) is 11.1 Å². The van der Waals surface area contributed by atoms with E-state index < -0.39 is 0 Å². The molecule has 0 saturated heterocycles. The van der Waals surface area contributed by atoms with Gasteiger partial charge < -0.3 is 0 Å². The minimum atomic E-state index is 0.925. The van der Waals surface area contributed by atoms with E-state index in [1.807, 2.05) is 24.3 Å². The molecule has 0 amide bonds. The molecule has 0 fully saturated rings. The molecule has 1 heterocycles. The molecule has 4 aromatic rings. The van der Waals surface area contributed by atoms with Gasteiger partial charge >= 0.3 is 0 Å². The molecule has 0 spiro atoms. The summed E-state index contributed by atoms with van der Waals surface area (Å²) in [4.78, 5) is 9.96. The van der Waals surface area contributed by atoms with Gasteiger partial charge in [-0.15, -0.1) is 0 Å². The van der Waals surface area contributed by atoms with Gasteiger partial charge in [0.2, 0.25) is 0 Å². The molecule has 25 heavy (non-hydrogen) atoms. The van der Waals surface area contributed by atoms with Gasteiger partial charge in [-0.25, -0.2) is 9.97 Å². The quantitative estimate of drug-likeness (QED) is 0.459. The van der Waals surface area contributed by atoms with Crippen molar-refractivity contribution in [3.8, 4) is 22.5 Å². The van der Waals surface area contributed by atoms with Gasteiger partial charge in [-0.2, -0.15) is 0 Å². The zero-order chi connectivity index (χ0) is 17.4. The molecule has 2 heteroatoms. The maximum Gasteiger partial charge on any atom is 0.0975 e. The van der Waals surface area contributed by atoms with E-state index in [4.69, 9.17) is 9.97 Å². The van der Waals surface area contributed by atoms with Gasteiger partial charge in [-0.1, -0.05) is 53.6 Å². The van der Waals surface area contributed by atoms with Crippen LogP contribution in [0.5, 0.6) is 0 Å². The van der Waals surface area contributed by atoms with Crippen LogP contribution in [-0.2, 0) is 0 Å². The van der Waals surface area contributed by atoms with Crippen LogP contribution in [0.3, 0.4) is 0 Å². The third-order valence-corrected chi connectivity index (χ3v) is 4.47. The Balaban J connectivity index is 2.07. The van der Waals surface area contributed by atoms with E-state index in [1.54, 1.807) is 0 Å². The number of hydrogen-bond acceptors (Lipinski definition) is 2. The monoisotopic (exact) mass is 324 g/mol. The van der Waals surface area contributed by atoms with Crippen molar-refractivity contribution < 1.29 is 0 Å². The Kier molecular flexibility index (Phi) is 3.81. The minimum Gasteiger partial charge on any atom is -0.244 e. The highest BCUT2D eigenvalue weighted by atomic mass is 14.8. The maximum absolute atomic E-state index is 4.98. The van der Waals surface area contributed by atoms with Crippen molar-refractivity contribution >= 4 is 11.0 Å². The third kappa shape index (κ3) is 2.91. The summed E-state index contributed by atoms with van der Waals surface area (Å²) in [6, 6.07) is 23.0. The minimum absolute atomic E-state index is 0.925. The van der Waals surface area contributed by atoms with Gasteiger partial charge in [0.05, 0.1) is 22.4 Å². The summed E-state index contributed by atoms with van der Waals surface area (Å²) in [5, 5.41) is 0. The highest BCUT2D eigenvalue weighted by Gasteiger charge is 2.15. The molecule has 122 valence electrons. The fraction of sp³-hybridized carbons (Fsp3) is 0.130. The van der Waals surface area contributed by atoms with Crippen molar-refractivity contribution in [1.82, 2.24) is 9.97 Å². The van der Waals surface area contributed by atoms with E-state index in [2.05, 4.69) is 63.2 Å². The highest BCUT2D eigenvalue weighted by molar-refractivity contribution is 5.87. The van der Waals surface area contributed by atoms with Crippen LogP contribution in [0, 0.1) is 20.8 Å². The van der Waals surface area contributed by atoms with Crippen LogP contribution >= 0.6 is 0 Å². The Labute approximate surface area is 148 Å². The van der Waals surface area contributed by atoms with Crippen molar-refractivity contribution in [2.45, 2.75) is 20.8 Å². The van der Waals surface area contributed by atoms with E-state index in [1.165, 1.54) is 16.7 Å². The first-order valence-electron chi connectivity index (χ1n) is 8.53. The molecule has 3 aromatic carbocycles. The Morgan fingerprint density at radius 1 is 0.600 bits per heavy atom. The van der Waals surface area contributed by atoms with E-state index in [0.29, 0.717) is 0 Å². The third-order valence-electron chi connectivity index (χ3n) is 4.47. The first-order chi connectivity index (χ1) is 12.1. The second kappa shape index (κ2) is 6.14. The number of nitrogens with zero attached hydrogens (tertiary/aromatic N) is 2. The average Bonchev–Trinajstić information content (AvgIpc) is 2.60. The first kappa shape index (κ1) is 15.5. The van der Waals surface area contributed by atoms with Crippen molar-refractivity contribution in [2.24, 2.45) is 0 Å². The SMILES string of the molecule is Cc1cc(C)cc(-c2nc3ccccc3nc2-c2ccccc2C)c1. The van der Waals surface area contributed by atoms with Gasteiger partial charge in [0.25, 0.3) is 0 Å². The lowest BCUT2D eigenvalue weighted by Gasteiger charge is -2.13. The second-order valence-electron chi connectivity index (χ2n) is 6.60. The molecular weight excluding hydrogens is 304 g/mol. The molecule has 0 aliphatic rings. The molecule has 1 aromatic heterocycles. The van der Waals surface area contributed by atoms with Crippen molar-refractivity contribution in [1.29, 1.82) is 0 Å². The Bertz CT molecular complexity index is 1060. The first-order valence-corrected chi connectivity index (χ1v) is 8.53. The maximum atomic E-state index is 4.98. The zero-order valence-corrected chi connectivity index (χ0v) is 14.7. The topological polar surface area (TPSA) is 25.8 Å². The van der Waals surface area contributed by atoms with E-state index in [9.17, 15) is 0 Å². The lowest BCUT2D eigenvalue weighted by Crippen LogP contribution is -1.97. The summed E-state index contributed by atoms with van der Waals surface area (Å²) in [7, 11) is 0. The molecule has 0 saturated carbocycles. The lowest BCUT2D eigenvalue weighted by molar-refractivity contribution is 1.27. The van der Waals surface area contributed by atoms with Crippen LogP contribution in [0.15, 0.2) is 66.7 Å². The number of aromatic nitrogens is 2. The van der Waals surface area contributed by atoms with Crippen LogP contribution in [0.25, 0.3) is 33.5 Å². The molecule has 0 N–H and O–H groups in total. The number of rotatable bonds is 2. The molecule has 0 bridgehead atoms. The number of hydrogen-bond donors (Lipinski definition) is 0. The molecular formula is C23H20N2. The van der Waals surface area contributed by atoms with Gasteiger partial charge in [-0.05, 0) is 50.6 Å². The summed E-state index contributed by atoms with van der Waals surface area (Å²) in [5.74, 6) is 0. The van der Waals surface area contributed by atoms with Crippen LogP contribution in [0.4, 0.5) is 0 Å². The largest absolute Gasteiger partial charge is 0.244 e. The van der Waals surface area contributed by atoms with Crippen LogP contribution in [-0.4, -0.2) is 9.97 Å². The number of benzene rings is 3. The molecule has 2 nitrogen and oxygen atoms in total. The fourth-order valence-corrected chi connectivity index (χ4v) is 3.34. The second-order valence-corrected chi connectivity index (χ2v) is 6.60. The van der Waals surface area contributed by atoms with Gasteiger partial charge in [0.15, 0.2) is 0 Å². The predicted octanol–water partition coefficient (Wildman–Crippen LogP) is 5.89. The standard InChI is InChI=1S/C23H20N2/c1-15-12-16(2)14-18(13-15)22-23(19-9-5-4-8-17(19)3)25-21-11-7-6-10-20(21)24-22/h4-14H,1-3H3. The summed E-state index contributed by atoms with van der Waals surface area (Å²) in [6.45, 7) is 6.37. The van der Waals surface area contributed by atoms with E-state index >= 15 is 0 Å². The smallest absolute Gasteiger partial charge is 0.0975 e. The zero-order valence-electron chi connectivity index (χ0n) is 14.7. The lowest BCUT2D eigenvalue weighted by atomic mass is 9.98. The molecule has 4 rings (SSSR count). The molecule has 0 aliphatic carbocycles. The normalized spacial score (nSPS) is 11.0. The van der Waals surface area contributed by atoms with Gasteiger partial charge in [-0.3, -0.25) is 0 Å². The molecule has 0 aliphatic heterocycles. The Morgan fingerprint density at radius 3 is 1.80 bits per heavy atom. The highest BCUT2D eigenvalue weighted by Crippen LogP contribution is 2.33.